The van der Waals surface area contributed by atoms with Crippen molar-refractivity contribution >= 4 is 50.1 Å². The maximum Gasteiger partial charge on any atom is 0.201 e. The van der Waals surface area contributed by atoms with Crippen LogP contribution in [0.1, 0.15) is 5.56 Å². The van der Waals surface area contributed by atoms with E-state index in [9.17, 15) is 0 Å². The van der Waals surface area contributed by atoms with Gasteiger partial charge in [0.1, 0.15) is 5.76 Å². The molecular formula is C18H15BrINO. The SMILES string of the molecule is Cc1ccc(-c2oc(N(C)c3ccc(Br)cc3)cc2I)cc1. The average Bonchev–Trinajstić information content (AvgIpc) is 2.90. The molecule has 3 rings (SSSR count). The maximum atomic E-state index is 6.09. The minimum atomic E-state index is 0.835. The Bertz CT molecular complexity index is 778. The number of hydrogen-bond acceptors (Lipinski definition) is 2. The standard InChI is InChI=1S/C18H15BrINO/c1-12-3-5-13(6-4-12)18-16(20)11-17(22-18)21(2)15-9-7-14(19)8-10-15/h3-11H,1-2H3. The normalized spacial score (nSPS) is 10.7. The summed E-state index contributed by atoms with van der Waals surface area (Å²) in [5.74, 6) is 1.75. The zero-order valence-electron chi connectivity index (χ0n) is 12.3. The molecule has 0 bridgehead atoms. The first-order chi connectivity index (χ1) is 10.5. The Kier molecular flexibility index (Phi) is 4.59. The Hall–Kier alpha value is -1.27. The molecule has 112 valence electrons. The molecule has 0 fully saturated rings. The van der Waals surface area contributed by atoms with Crippen LogP contribution in [-0.2, 0) is 0 Å². The van der Waals surface area contributed by atoms with E-state index in [1.807, 2.05) is 24.1 Å². The molecule has 3 aromatic rings. The summed E-state index contributed by atoms with van der Waals surface area (Å²) < 4.78 is 8.27. The van der Waals surface area contributed by atoms with Crippen LogP contribution in [0.2, 0.25) is 0 Å². The van der Waals surface area contributed by atoms with Crippen molar-refractivity contribution in [1.29, 1.82) is 0 Å². The summed E-state index contributed by atoms with van der Waals surface area (Å²) in [5.41, 5.74) is 3.44. The van der Waals surface area contributed by atoms with Gasteiger partial charge in [0.2, 0.25) is 5.88 Å². The molecule has 0 aliphatic carbocycles. The Labute approximate surface area is 152 Å². The molecule has 0 N–H and O–H groups in total. The number of hydrogen-bond donors (Lipinski definition) is 0. The molecule has 2 nitrogen and oxygen atoms in total. The number of furan rings is 1. The average molecular weight is 468 g/mol. The van der Waals surface area contributed by atoms with E-state index in [-0.39, 0.29) is 0 Å². The van der Waals surface area contributed by atoms with Crippen LogP contribution in [-0.4, -0.2) is 7.05 Å². The van der Waals surface area contributed by atoms with Crippen LogP contribution in [0.4, 0.5) is 11.6 Å². The van der Waals surface area contributed by atoms with Gasteiger partial charge in [0.05, 0.1) is 3.57 Å². The van der Waals surface area contributed by atoms with Crippen molar-refractivity contribution in [1.82, 2.24) is 0 Å². The van der Waals surface area contributed by atoms with Crippen LogP contribution in [0.5, 0.6) is 0 Å². The lowest BCUT2D eigenvalue weighted by Crippen LogP contribution is -2.07. The summed E-state index contributed by atoms with van der Waals surface area (Å²) in [5, 5.41) is 0. The minimum Gasteiger partial charge on any atom is -0.439 e. The van der Waals surface area contributed by atoms with Crippen LogP contribution in [0, 0.1) is 10.5 Å². The second kappa shape index (κ2) is 6.46. The summed E-state index contributed by atoms with van der Waals surface area (Å²) in [6.45, 7) is 2.09. The smallest absolute Gasteiger partial charge is 0.201 e. The zero-order chi connectivity index (χ0) is 15.7. The van der Waals surface area contributed by atoms with Crippen LogP contribution in [0.15, 0.2) is 63.5 Å². The van der Waals surface area contributed by atoms with E-state index in [4.69, 9.17) is 4.42 Å². The number of nitrogens with zero attached hydrogens (tertiary/aromatic N) is 1. The quantitative estimate of drug-likeness (QED) is 0.415. The van der Waals surface area contributed by atoms with E-state index in [1.54, 1.807) is 0 Å². The predicted octanol–water partition coefficient (Wildman–Crippen LogP) is 6.39. The third-order valence-corrected chi connectivity index (χ3v) is 4.86. The summed E-state index contributed by atoms with van der Waals surface area (Å²) in [7, 11) is 2.01. The molecule has 22 heavy (non-hydrogen) atoms. The number of benzene rings is 2. The third-order valence-electron chi connectivity index (χ3n) is 3.53. The fraction of sp³-hybridized carbons (Fsp3) is 0.111. The van der Waals surface area contributed by atoms with Gasteiger partial charge in [-0.25, -0.2) is 0 Å². The van der Waals surface area contributed by atoms with Gasteiger partial charge in [-0.15, -0.1) is 0 Å². The lowest BCUT2D eigenvalue weighted by atomic mass is 10.1. The highest BCUT2D eigenvalue weighted by molar-refractivity contribution is 14.1. The molecule has 0 unspecified atom stereocenters. The summed E-state index contributed by atoms with van der Waals surface area (Å²) in [6, 6.07) is 18.6. The van der Waals surface area contributed by atoms with Crippen molar-refractivity contribution in [3.63, 3.8) is 0 Å². The Morgan fingerprint density at radius 3 is 2.27 bits per heavy atom. The molecule has 0 saturated carbocycles. The summed E-state index contributed by atoms with van der Waals surface area (Å²) in [6.07, 6.45) is 0. The molecule has 0 atom stereocenters. The molecule has 4 heteroatoms. The van der Waals surface area contributed by atoms with Gasteiger partial charge < -0.3 is 9.32 Å². The minimum absolute atomic E-state index is 0.835. The molecule has 0 aliphatic heterocycles. The molecular weight excluding hydrogens is 453 g/mol. The van der Waals surface area contributed by atoms with Crippen LogP contribution in [0.3, 0.4) is 0 Å². The van der Waals surface area contributed by atoms with Gasteiger partial charge in [-0.2, -0.15) is 0 Å². The van der Waals surface area contributed by atoms with Crippen molar-refractivity contribution in [2.75, 3.05) is 11.9 Å². The Balaban J connectivity index is 1.94. The van der Waals surface area contributed by atoms with Crippen LogP contribution >= 0.6 is 38.5 Å². The molecule has 0 saturated heterocycles. The first-order valence-electron chi connectivity index (χ1n) is 6.90. The van der Waals surface area contributed by atoms with Gasteiger partial charge in [0.15, 0.2) is 0 Å². The molecule has 0 aliphatic rings. The third kappa shape index (κ3) is 3.22. The van der Waals surface area contributed by atoms with Gasteiger partial charge in [-0.3, -0.25) is 0 Å². The van der Waals surface area contributed by atoms with Gasteiger partial charge in [0, 0.05) is 28.8 Å². The highest BCUT2D eigenvalue weighted by Crippen LogP contribution is 2.35. The number of halogens is 2. The van der Waals surface area contributed by atoms with Crippen molar-refractivity contribution in [2.24, 2.45) is 0 Å². The van der Waals surface area contributed by atoms with Crippen molar-refractivity contribution in [3.8, 4) is 11.3 Å². The lowest BCUT2D eigenvalue weighted by molar-refractivity contribution is 0.583. The zero-order valence-corrected chi connectivity index (χ0v) is 16.1. The van der Waals surface area contributed by atoms with E-state index in [0.29, 0.717) is 0 Å². The van der Waals surface area contributed by atoms with E-state index in [0.717, 1.165) is 30.9 Å². The molecule has 0 radical (unpaired) electrons. The van der Waals surface area contributed by atoms with Gasteiger partial charge >= 0.3 is 0 Å². The first-order valence-corrected chi connectivity index (χ1v) is 8.77. The molecule has 2 aromatic carbocycles. The fourth-order valence-corrected chi connectivity index (χ4v) is 3.17. The summed E-state index contributed by atoms with van der Waals surface area (Å²) in [4.78, 5) is 2.05. The van der Waals surface area contributed by atoms with E-state index >= 15 is 0 Å². The number of anilines is 2. The number of aryl methyl sites for hydroxylation is 1. The van der Waals surface area contributed by atoms with Gasteiger partial charge in [-0.05, 0) is 53.8 Å². The van der Waals surface area contributed by atoms with Gasteiger partial charge in [0.25, 0.3) is 0 Å². The highest BCUT2D eigenvalue weighted by atomic mass is 127. The molecule has 1 aromatic heterocycles. The maximum absolute atomic E-state index is 6.09. The van der Waals surface area contributed by atoms with Crippen LogP contribution < -0.4 is 4.90 Å². The topological polar surface area (TPSA) is 16.4 Å². The number of rotatable bonds is 3. The monoisotopic (exact) mass is 467 g/mol. The second-order valence-electron chi connectivity index (χ2n) is 5.16. The van der Waals surface area contributed by atoms with Gasteiger partial charge in [-0.1, -0.05) is 45.8 Å². The Morgan fingerprint density at radius 2 is 1.64 bits per heavy atom. The second-order valence-corrected chi connectivity index (χ2v) is 7.24. The van der Waals surface area contributed by atoms with E-state index in [2.05, 4.69) is 87.9 Å². The lowest BCUT2D eigenvalue weighted by Gasteiger charge is -2.16. The predicted molar refractivity (Wildman–Crippen MR) is 104 cm³/mol. The Morgan fingerprint density at radius 1 is 1.00 bits per heavy atom. The molecule has 0 amide bonds. The van der Waals surface area contributed by atoms with E-state index < -0.39 is 0 Å². The molecule has 0 spiro atoms. The largest absolute Gasteiger partial charge is 0.439 e. The van der Waals surface area contributed by atoms with Crippen molar-refractivity contribution in [2.45, 2.75) is 6.92 Å². The highest BCUT2D eigenvalue weighted by Gasteiger charge is 2.15. The first kappa shape index (κ1) is 15.6. The fourth-order valence-electron chi connectivity index (χ4n) is 2.22. The van der Waals surface area contributed by atoms with Crippen LogP contribution in [0.25, 0.3) is 11.3 Å². The van der Waals surface area contributed by atoms with Crippen molar-refractivity contribution < 1.29 is 4.42 Å². The molecule has 1 heterocycles. The van der Waals surface area contributed by atoms with Crippen molar-refractivity contribution in [3.05, 3.63) is 68.2 Å². The van der Waals surface area contributed by atoms with E-state index in [1.165, 1.54) is 5.56 Å². The summed E-state index contributed by atoms with van der Waals surface area (Å²) >= 11 is 5.78.